The first-order valence-corrected chi connectivity index (χ1v) is 7.18. The van der Waals surface area contributed by atoms with Crippen molar-refractivity contribution in [2.45, 2.75) is 57.9 Å². The minimum absolute atomic E-state index is 0.368. The summed E-state index contributed by atoms with van der Waals surface area (Å²) in [6, 6.07) is 0.501. The van der Waals surface area contributed by atoms with E-state index in [4.69, 9.17) is 4.74 Å². The summed E-state index contributed by atoms with van der Waals surface area (Å²) in [6.07, 6.45) is 7.76. The van der Waals surface area contributed by atoms with E-state index in [1.54, 1.807) is 0 Å². The van der Waals surface area contributed by atoms with E-state index in [0.29, 0.717) is 24.3 Å². The van der Waals surface area contributed by atoms with E-state index in [2.05, 4.69) is 11.8 Å². The maximum absolute atomic E-state index is 12.3. The van der Waals surface area contributed by atoms with E-state index < -0.39 is 0 Å². The number of amides is 1. The van der Waals surface area contributed by atoms with Crippen LogP contribution in [-0.4, -0.2) is 36.6 Å². The van der Waals surface area contributed by atoms with Gasteiger partial charge in [0.05, 0.1) is 0 Å². The van der Waals surface area contributed by atoms with Crippen LogP contribution in [0.3, 0.4) is 0 Å². The molecule has 0 N–H and O–H groups in total. The number of hydrogen-bond donors (Lipinski definition) is 0. The highest BCUT2D eigenvalue weighted by atomic mass is 16.5. The predicted octanol–water partition coefficient (Wildman–Crippen LogP) is 2.59. The Morgan fingerprint density at radius 2 is 2.18 bits per heavy atom. The maximum atomic E-state index is 12.3. The molecule has 0 saturated carbocycles. The van der Waals surface area contributed by atoms with Gasteiger partial charge in [0, 0.05) is 32.2 Å². The Bertz CT molecular complexity index is 249. The van der Waals surface area contributed by atoms with E-state index in [9.17, 15) is 4.79 Å². The fraction of sp³-hybridized carbons (Fsp3) is 0.929. The molecule has 1 amide bonds. The van der Waals surface area contributed by atoms with Gasteiger partial charge in [-0.3, -0.25) is 4.79 Å². The zero-order valence-corrected chi connectivity index (χ0v) is 11.0. The molecular weight excluding hydrogens is 214 g/mol. The molecule has 0 aliphatic carbocycles. The number of rotatable bonds is 3. The summed E-state index contributed by atoms with van der Waals surface area (Å²) >= 11 is 0. The summed E-state index contributed by atoms with van der Waals surface area (Å²) < 4.78 is 5.45. The monoisotopic (exact) mass is 239 g/mol. The van der Waals surface area contributed by atoms with E-state index in [0.717, 1.165) is 39.0 Å². The molecular formula is C14H25NO2. The Kier molecular flexibility index (Phi) is 4.84. The molecule has 2 atom stereocenters. The molecule has 0 aromatic heterocycles. The average Bonchev–Trinajstić information content (AvgIpc) is 2.40. The molecule has 2 heterocycles. The highest BCUT2D eigenvalue weighted by Crippen LogP contribution is 2.23. The topological polar surface area (TPSA) is 29.5 Å². The molecule has 2 aliphatic rings. The summed E-state index contributed by atoms with van der Waals surface area (Å²) in [6.45, 7) is 4.84. The van der Waals surface area contributed by atoms with Crippen molar-refractivity contribution >= 4 is 5.91 Å². The lowest BCUT2D eigenvalue weighted by Crippen LogP contribution is -2.44. The van der Waals surface area contributed by atoms with Crippen molar-refractivity contribution in [2.75, 3.05) is 19.8 Å². The van der Waals surface area contributed by atoms with E-state index >= 15 is 0 Å². The van der Waals surface area contributed by atoms with Crippen LogP contribution < -0.4 is 0 Å². The molecule has 3 nitrogen and oxygen atoms in total. The fourth-order valence-corrected chi connectivity index (χ4v) is 3.09. The van der Waals surface area contributed by atoms with Crippen LogP contribution in [0.15, 0.2) is 0 Å². The van der Waals surface area contributed by atoms with Gasteiger partial charge < -0.3 is 9.64 Å². The molecule has 0 bridgehead atoms. The van der Waals surface area contributed by atoms with Crippen LogP contribution in [0, 0.1) is 5.92 Å². The molecule has 0 aromatic rings. The van der Waals surface area contributed by atoms with Crippen LogP contribution in [0.5, 0.6) is 0 Å². The van der Waals surface area contributed by atoms with Gasteiger partial charge >= 0.3 is 0 Å². The second kappa shape index (κ2) is 6.39. The summed E-state index contributed by atoms with van der Waals surface area (Å²) in [5, 5.41) is 0. The number of nitrogens with zero attached hydrogens (tertiary/aromatic N) is 1. The van der Waals surface area contributed by atoms with Crippen LogP contribution in [-0.2, 0) is 9.53 Å². The minimum Gasteiger partial charge on any atom is -0.381 e. The van der Waals surface area contributed by atoms with Gasteiger partial charge in [-0.2, -0.15) is 0 Å². The van der Waals surface area contributed by atoms with Crippen molar-refractivity contribution in [3.63, 3.8) is 0 Å². The molecule has 2 saturated heterocycles. The number of likely N-dealkylation sites (tertiary alicyclic amines) is 1. The van der Waals surface area contributed by atoms with Gasteiger partial charge in [0.25, 0.3) is 0 Å². The molecule has 2 fully saturated rings. The molecule has 2 rings (SSSR count). The van der Waals surface area contributed by atoms with E-state index in [1.807, 2.05) is 0 Å². The molecule has 2 unspecified atom stereocenters. The minimum atomic E-state index is 0.368. The van der Waals surface area contributed by atoms with Crippen LogP contribution in [0.25, 0.3) is 0 Å². The number of carbonyl (C=O) groups is 1. The third kappa shape index (κ3) is 3.44. The second-order valence-electron chi connectivity index (χ2n) is 5.43. The quantitative estimate of drug-likeness (QED) is 0.757. The van der Waals surface area contributed by atoms with Gasteiger partial charge in [-0.15, -0.1) is 0 Å². The van der Waals surface area contributed by atoms with Crippen molar-refractivity contribution in [3.05, 3.63) is 0 Å². The lowest BCUT2D eigenvalue weighted by Gasteiger charge is -2.36. The third-order valence-corrected chi connectivity index (χ3v) is 4.14. The van der Waals surface area contributed by atoms with Crippen LogP contribution >= 0.6 is 0 Å². The average molecular weight is 239 g/mol. The van der Waals surface area contributed by atoms with Gasteiger partial charge in [-0.1, -0.05) is 6.92 Å². The van der Waals surface area contributed by atoms with Crippen LogP contribution in [0.4, 0.5) is 0 Å². The Morgan fingerprint density at radius 1 is 1.29 bits per heavy atom. The van der Waals surface area contributed by atoms with Gasteiger partial charge in [0.2, 0.25) is 5.91 Å². The van der Waals surface area contributed by atoms with Crippen molar-refractivity contribution in [1.82, 2.24) is 4.90 Å². The number of ether oxygens (including phenoxy) is 1. The standard InChI is InChI=1S/C14H25NO2/c1-2-13-7-3-4-8-15(13)14(16)10-12-6-5-9-17-11-12/h12-13H,2-11H2,1H3. The van der Waals surface area contributed by atoms with E-state index in [-0.39, 0.29) is 0 Å². The molecule has 0 radical (unpaired) electrons. The summed E-state index contributed by atoms with van der Waals surface area (Å²) in [5.41, 5.74) is 0. The molecule has 2 aliphatic heterocycles. The highest BCUT2D eigenvalue weighted by Gasteiger charge is 2.27. The fourth-order valence-electron chi connectivity index (χ4n) is 3.09. The first kappa shape index (κ1) is 12.9. The molecule has 17 heavy (non-hydrogen) atoms. The van der Waals surface area contributed by atoms with Gasteiger partial charge in [-0.25, -0.2) is 0 Å². The molecule has 0 aromatic carbocycles. The highest BCUT2D eigenvalue weighted by molar-refractivity contribution is 5.76. The molecule has 0 spiro atoms. The summed E-state index contributed by atoms with van der Waals surface area (Å²) in [7, 11) is 0. The number of carbonyl (C=O) groups excluding carboxylic acids is 1. The summed E-state index contributed by atoms with van der Waals surface area (Å²) in [5.74, 6) is 0.836. The van der Waals surface area contributed by atoms with Crippen molar-refractivity contribution in [1.29, 1.82) is 0 Å². The van der Waals surface area contributed by atoms with Gasteiger partial charge in [0.1, 0.15) is 0 Å². The second-order valence-corrected chi connectivity index (χ2v) is 5.43. The Labute approximate surface area is 105 Å². The van der Waals surface area contributed by atoms with Crippen molar-refractivity contribution in [2.24, 2.45) is 5.92 Å². The van der Waals surface area contributed by atoms with Gasteiger partial charge in [0.15, 0.2) is 0 Å². The zero-order valence-electron chi connectivity index (χ0n) is 11.0. The zero-order chi connectivity index (χ0) is 12.1. The third-order valence-electron chi connectivity index (χ3n) is 4.14. The smallest absolute Gasteiger partial charge is 0.223 e. The van der Waals surface area contributed by atoms with Crippen LogP contribution in [0.2, 0.25) is 0 Å². The first-order chi connectivity index (χ1) is 8.31. The lowest BCUT2D eigenvalue weighted by atomic mass is 9.95. The largest absolute Gasteiger partial charge is 0.381 e. The predicted molar refractivity (Wildman–Crippen MR) is 67.8 cm³/mol. The normalized spacial score (nSPS) is 30.3. The maximum Gasteiger partial charge on any atom is 0.223 e. The Morgan fingerprint density at radius 3 is 2.88 bits per heavy atom. The van der Waals surface area contributed by atoms with Gasteiger partial charge in [-0.05, 0) is 44.4 Å². The van der Waals surface area contributed by atoms with Crippen LogP contribution in [0.1, 0.15) is 51.9 Å². The summed E-state index contributed by atoms with van der Waals surface area (Å²) in [4.78, 5) is 14.4. The number of piperidine rings is 1. The molecule has 98 valence electrons. The SMILES string of the molecule is CCC1CCCCN1C(=O)CC1CCCOC1. The molecule has 3 heteroatoms. The van der Waals surface area contributed by atoms with Crippen molar-refractivity contribution < 1.29 is 9.53 Å². The van der Waals surface area contributed by atoms with E-state index in [1.165, 1.54) is 19.3 Å². The Balaban J connectivity index is 1.84. The van der Waals surface area contributed by atoms with Crippen molar-refractivity contribution in [3.8, 4) is 0 Å². The Hall–Kier alpha value is -0.570. The number of hydrogen-bond acceptors (Lipinski definition) is 2. The first-order valence-electron chi connectivity index (χ1n) is 7.18. The lowest BCUT2D eigenvalue weighted by molar-refractivity contribution is -0.137.